The lowest BCUT2D eigenvalue weighted by molar-refractivity contribution is -0.139. The van der Waals surface area contributed by atoms with Crippen LogP contribution in [-0.2, 0) is 20.7 Å². The average molecular weight is 580 g/mol. The first-order valence-electron chi connectivity index (χ1n) is 13.3. The Morgan fingerprint density at radius 2 is 1.56 bits per heavy atom. The molecule has 0 aromatic heterocycles. The molecule has 3 amide bonds. The Labute approximate surface area is 246 Å². The topological polar surface area (TPSA) is 108 Å². The van der Waals surface area contributed by atoms with Crippen molar-refractivity contribution in [3.63, 3.8) is 0 Å². The number of phenolic OH excluding ortho intramolecular Hbond substituents is 1. The number of rotatable bonds is 8. The number of alkyl carbamates (subject to hydrolysis) is 1. The predicted octanol–water partition coefficient (Wildman–Crippen LogP) is 6.25. The number of anilines is 1. The molecule has 9 heteroatoms. The number of nitrogens with zero attached hydrogens (tertiary/aromatic N) is 1. The lowest BCUT2D eigenvalue weighted by Gasteiger charge is -2.33. The number of aryl methyl sites for hydroxylation is 2. The molecule has 41 heavy (non-hydrogen) atoms. The minimum Gasteiger partial charge on any atom is -0.508 e. The van der Waals surface area contributed by atoms with Gasteiger partial charge in [-0.3, -0.25) is 9.59 Å². The highest BCUT2D eigenvalue weighted by Gasteiger charge is 2.35. The molecule has 0 heterocycles. The largest absolute Gasteiger partial charge is 0.508 e. The first-order chi connectivity index (χ1) is 19.2. The summed E-state index contributed by atoms with van der Waals surface area (Å²) in [6.07, 6.45) is -0.657. The zero-order chi connectivity index (χ0) is 30.5. The molecule has 0 aliphatic rings. The molecular formula is C32H38ClN3O5. The van der Waals surface area contributed by atoms with E-state index in [1.54, 1.807) is 45.0 Å². The van der Waals surface area contributed by atoms with Crippen LogP contribution in [0.5, 0.6) is 5.75 Å². The molecule has 8 nitrogen and oxygen atoms in total. The number of para-hydroxylation sites is 1. The van der Waals surface area contributed by atoms with Crippen LogP contribution >= 0.6 is 11.6 Å². The SMILES string of the molecule is Cc1cccc(C(C(=O)Nc2c(C)cccc2Cl)N(C)C(=O)C(Cc2ccc(O)cc2)NC(=O)OC(C)(C)C)c1C. The zero-order valence-electron chi connectivity index (χ0n) is 24.5. The number of halogens is 1. The normalized spacial score (nSPS) is 12.7. The molecule has 3 aromatic carbocycles. The van der Waals surface area contributed by atoms with Crippen molar-refractivity contribution in [2.24, 2.45) is 0 Å². The van der Waals surface area contributed by atoms with E-state index in [-0.39, 0.29) is 12.2 Å². The number of aromatic hydroxyl groups is 1. The van der Waals surface area contributed by atoms with E-state index in [0.29, 0.717) is 21.8 Å². The third-order valence-electron chi connectivity index (χ3n) is 6.76. The molecule has 0 saturated heterocycles. The van der Waals surface area contributed by atoms with Gasteiger partial charge in [0.05, 0.1) is 10.7 Å². The summed E-state index contributed by atoms with van der Waals surface area (Å²) in [6.45, 7) is 10.9. The standard InChI is InChI=1S/C32H38ClN3O5/c1-19-10-8-12-24(21(19)3)28(29(38)35-27-20(2)11-9-13-25(27)33)36(7)30(39)26(34-31(40)41-32(4,5)6)18-22-14-16-23(37)17-15-22/h8-17,26,28,37H,18H2,1-7H3,(H,34,40)(H,35,38). The zero-order valence-corrected chi connectivity index (χ0v) is 25.3. The molecule has 218 valence electrons. The van der Waals surface area contributed by atoms with Crippen molar-refractivity contribution < 1.29 is 24.2 Å². The van der Waals surface area contributed by atoms with Gasteiger partial charge in [-0.15, -0.1) is 0 Å². The van der Waals surface area contributed by atoms with E-state index in [1.165, 1.54) is 24.1 Å². The fourth-order valence-corrected chi connectivity index (χ4v) is 4.74. The van der Waals surface area contributed by atoms with Gasteiger partial charge in [-0.1, -0.05) is 54.1 Å². The van der Waals surface area contributed by atoms with E-state index < -0.39 is 35.6 Å². The third-order valence-corrected chi connectivity index (χ3v) is 7.07. The first kappa shape index (κ1) is 31.5. The number of amides is 3. The van der Waals surface area contributed by atoms with Gasteiger partial charge in [0, 0.05) is 13.5 Å². The summed E-state index contributed by atoms with van der Waals surface area (Å²) >= 11 is 6.41. The number of likely N-dealkylation sites (N-methyl/N-ethyl adjacent to an activating group) is 1. The van der Waals surface area contributed by atoms with Gasteiger partial charge in [0.15, 0.2) is 0 Å². The van der Waals surface area contributed by atoms with Gasteiger partial charge in [0.1, 0.15) is 23.4 Å². The van der Waals surface area contributed by atoms with E-state index in [0.717, 1.165) is 16.7 Å². The number of hydrogen-bond acceptors (Lipinski definition) is 5. The van der Waals surface area contributed by atoms with E-state index in [9.17, 15) is 19.5 Å². The predicted molar refractivity (Wildman–Crippen MR) is 161 cm³/mol. The quantitative estimate of drug-likeness (QED) is 0.292. The number of nitrogens with one attached hydrogen (secondary N) is 2. The second-order valence-electron chi connectivity index (χ2n) is 11.1. The van der Waals surface area contributed by atoms with Crippen LogP contribution < -0.4 is 10.6 Å². The van der Waals surface area contributed by atoms with Crippen molar-refractivity contribution in [3.8, 4) is 5.75 Å². The lowest BCUT2D eigenvalue weighted by atomic mass is 9.95. The highest BCUT2D eigenvalue weighted by molar-refractivity contribution is 6.34. The molecule has 0 aliphatic carbocycles. The van der Waals surface area contributed by atoms with Crippen LogP contribution in [0.2, 0.25) is 5.02 Å². The Morgan fingerprint density at radius 1 is 0.951 bits per heavy atom. The second kappa shape index (κ2) is 13.1. The smallest absolute Gasteiger partial charge is 0.408 e. The van der Waals surface area contributed by atoms with E-state index >= 15 is 0 Å². The summed E-state index contributed by atoms with van der Waals surface area (Å²) in [5.74, 6) is -0.873. The molecule has 3 aromatic rings. The number of carbonyl (C=O) groups is 3. The summed E-state index contributed by atoms with van der Waals surface area (Å²) < 4.78 is 5.43. The average Bonchev–Trinajstić information content (AvgIpc) is 2.88. The van der Waals surface area contributed by atoms with E-state index in [4.69, 9.17) is 16.3 Å². The molecule has 0 spiro atoms. The monoisotopic (exact) mass is 579 g/mol. The summed E-state index contributed by atoms with van der Waals surface area (Å²) in [5, 5.41) is 15.7. The molecule has 0 saturated carbocycles. The van der Waals surface area contributed by atoms with Crippen LogP contribution in [0.1, 0.15) is 54.6 Å². The van der Waals surface area contributed by atoms with Crippen molar-refractivity contribution in [3.05, 3.63) is 93.5 Å². The number of benzene rings is 3. The third kappa shape index (κ3) is 8.24. The van der Waals surface area contributed by atoms with Crippen LogP contribution in [-0.4, -0.2) is 46.6 Å². The van der Waals surface area contributed by atoms with Gasteiger partial charge in [-0.2, -0.15) is 0 Å². The molecule has 3 N–H and O–H groups in total. The van der Waals surface area contributed by atoms with Crippen molar-refractivity contribution in [1.82, 2.24) is 10.2 Å². The Kier molecular flexibility index (Phi) is 10.0. The highest BCUT2D eigenvalue weighted by atomic mass is 35.5. The summed E-state index contributed by atoms with van der Waals surface area (Å²) in [5.41, 5.74) is 3.62. The Bertz CT molecular complexity index is 1400. The minimum absolute atomic E-state index is 0.0790. The number of hydrogen-bond donors (Lipinski definition) is 3. The molecule has 0 bridgehead atoms. The maximum Gasteiger partial charge on any atom is 0.408 e. The van der Waals surface area contributed by atoms with Crippen LogP contribution in [0, 0.1) is 20.8 Å². The summed E-state index contributed by atoms with van der Waals surface area (Å²) in [6, 6.07) is 15.1. The maximum absolute atomic E-state index is 14.1. The van der Waals surface area contributed by atoms with Gasteiger partial charge in [-0.05, 0) is 87.6 Å². The number of phenols is 1. The Morgan fingerprint density at radius 3 is 2.17 bits per heavy atom. The molecule has 2 atom stereocenters. The summed E-state index contributed by atoms with van der Waals surface area (Å²) in [7, 11) is 1.54. The molecule has 2 unspecified atom stereocenters. The molecule has 0 fully saturated rings. The lowest BCUT2D eigenvalue weighted by Crippen LogP contribution is -2.52. The number of carbonyl (C=O) groups excluding carboxylic acids is 3. The van der Waals surface area contributed by atoms with Gasteiger partial charge in [0.2, 0.25) is 5.91 Å². The van der Waals surface area contributed by atoms with Gasteiger partial charge in [-0.25, -0.2) is 4.79 Å². The second-order valence-corrected chi connectivity index (χ2v) is 11.5. The van der Waals surface area contributed by atoms with Crippen molar-refractivity contribution in [1.29, 1.82) is 0 Å². The van der Waals surface area contributed by atoms with Gasteiger partial charge >= 0.3 is 6.09 Å². The van der Waals surface area contributed by atoms with E-state index in [2.05, 4.69) is 10.6 Å². The van der Waals surface area contributed by atoms with Crippen molar-refractivity contribution >= 4 is 35.2 Å². The number of ether oxygens (including phenoxy) is 1. The molecular weight excluding hydrogens is 542 g/mol. The maximum atomic E-state index is 14.1. The summed E-state index contributed by atoms with van der Waals surface area (Å²) in [4.78, 5) is 42.2. The van der Waals surface area contributed by atoms with Gasteiger partial charge in [0.25, 0.3) is 5.91 Å². The molecule has 0 aliphatic heterocycles. The first-order valence-corrected chi connectivity index (χ1v) is 13.7. The van der Waals surface area contributed by atoms with Crippen LogP contribution in [0.4, 0.5) is 10.5 Å². The van der Waals surface area contributed by atoms with Crippen molar-refractivity contribution in [2.75, 3.05) is 12.4 Å². The fraction of sp³-hybridized carbons (Fsp3) is 0.344. The Balaban J connectivity index is 2.03. The van der Waals surface area contributed by atoms with Crippen molar-refractivity contribution in [2.45, 2.75) is 65.6 Å². The van der Waals surface area contributed by atoms with Crippen LogP contribution in [0.3, 0.4) is 0 Å². The van der Waals surface area contributed by atoms with E-state index in [1.807, 2.05) is 45.0 Å². The fourth-order valence-electron chi connectivity index (χ4n) is 4.47. The van der Waals surface area contributed by atoms with Crippen LogP contribution in [0.25, 0.3) is 0 Å². The molecule has 0 radical (unpaired) electrons. The molecule has 3 rings (SSSR count). The van der Waals surface area contributed by atoms with Gasteiger partial charge < -0.3 is 25.4 Å². The Hall–Kier alpha value is -4.04. The highest BCUT2D eigenvalue weighted by Crippen LogP contribution is 2.31. The minimum atomic E-state index is -1.07. The van der Waals surface area contributed by atoms with Crippen LogP contribution in [0.15, 0.2) is 60.7 Å².